The van der Waals surface area contributed by atoms with Crippen LogP contribution in [-0.4, -0.2) is 36.2 Å². The van der Waals surface area contributed by atoms with Crippen molar-refractivity contribution in [3.05, 3.63) is 76.2 Å². The van der Waals surface area contributed by atoms with Crippen molar-refractivity contribution < 1.29 is 18.8 Å². The van der Waals surface area contributed by atoms with Gasteiger partial charge in [-0.2, -0.15) is 0 Å². The predicted octanol–water partition coefficient (Wildman–Crippen LogP) is 4.64. The topological polar surface area (TPSA) is 64.8 Å². The Kier molecular flexibility index (Phi) is 6.77. The zero-order valence-electron chi connectivity index (χ0n) is 18.2. The number of para-hydroxylation sites is 1. The minimum Gasteiger partial charge on any atom is -0.492 e. The van der Waals surface area contributed by atoms with Crippen molar-refractivity contribution in [1.82, 2.24) is 10.1 Å². The number of nitrogens with zero attached hydrogens (tertiary/aromatic N) is 2. The second kappa shape index (κ2) is 9.48. The molecule has 0 atom stereocenters. The van der Waals surface area contributed by atoms with Crippen LogP contribution in [0.2, 0.25) is 0 Å². The van der Waals surface area contributed by atoms with Crippen LogP contribution in [0.3, 0.4) is 0 Å². The van der Waals surface area contributed by atoms with Gasteiger partial charge in [-0.25, -0.2) is 0 Å². The van der Waals surface area contributed by atoms with Crippen molar-refractivity contribution in [3.63, 3.8) is 0 Å². The molecule has 0 aliphatic heterocycles. The largest absolute Gasteiger partial charge is 0.492 e. The Morgan fingerprint density at radius 3 is 2.40 bits per heavy atom. The Labute approximate surface area is 177 Å². The van der Waals surface area contributed by atoms with Gasteiger partial charge in [0, 0.05) is 7.05 Å². The molecule has 0 aliphatic carbocycles. The summed E-state index contributed by atoms with van der Waals surface area (Å²) in [7, 11) is 1.76. The molecule has 0 saturated carbocycles. The first kappa shape index (κ1) is 21.4. The van der Waals surface area contributed by atoms with E-state index < -0.39 is 0 Å². The fraction of sp³-hybridized carbons (Fsp3) is 0.333. The third-order valence-corrected chi connectivity index (χ3v) is 4.91. The van der Waals surface area contributed by atoms with Crippen LogP contribution in [-0.2, 0) is 6.61 Å². The molecular weight excluding hydrogens is 380 g/mol. The molecule has 0 aliphatic rings. The molecule has 3 aromatic rings. The summed E-state index contributed by atoms with van der Waals surface area (Å²) >= 11 is 0. The van der Waals surface area contributed by atoms with Gasteiger partial charge in [0.1, 0.15) is 30.5 Å². The van der Waals surface area contributed by atoms with Gasteiger partial charge in [0.25, 0.3) is 5.91 Å². The van der Waals surface area contributed by atoms with Crippen molar-refractivity contribution in [1.29, 1.82) is 0 Å². The Bertz CT molecular complexity index is 986. The van der Waals surface area contributed by atoms with Gasteiger partial charge in [-0.3, -0.25) is 4.79 Å². The number of amides is 1. The van der Waals surface area contributed by atoms with Crippen molar-refractivity contribution in [2.45, 2.75) is 34.3 Å². The maximum atomic E-state index is 13.0. The minimum absolute atomic E-state index is 0.117. The molecular formula is C24H28N2O4. The lowest BCUT2D eigenvalue weighted by Crippen LogP contribution is -2.31. The van der Waals surface area contributed by atoms with Gasteiger partial charge in [0.05, 0.1) is 23.4 Å². The summed E-state index contributed by atoms with van der Waals surface area (Å²) in [6.07, 6.45) is 0. The molecule has 2 aromatic carbocycles. The average Bonchev–Trinajstić information content (AvgIpc) is 3.03. The van der Waals surface area contributed by atoms with E-state index in [1.807, 2.05) is 52.0 Å². The number of ether oxygens (including phenoxy) is 2. The fourth-order valence-corrected chi connectivity index (χ4v) is 3.25. The molecule has 0 spiro atoms. The monoisotopic (exact) mass is 408 g/mol. The third-order valence-electron chi connectivity index (χ3n) is 4.91. The van der Waals surface area contributed by atoms with E-state index in [2.05, 4.69) is 11.2 Å². The number of aromatic nitrogens is 1. The first-order chi connectivity index (χ1) is 14.3. The van der Waals surface area contributed by atoms with E-state index in [1.54, 1.807) is 24.1 Å². The lowest BCUT2D eigenvalue weighted by Gasteiger charge is -2.19. The number of carbonyl (C=O) groups excluding carboxylic acids is 1. The molecule has 158 valence electrons. The molecule has 6 nitrogen and oxygen atoms in total. The number of hydrogen-bond acceptors (Lipinski definition) is 5. The Morgan fingerprint density at radius 1 is 1.03 bits per heavy atom. The Balaban J connectivity index is 1.61. The summed E-state index contributed by atoms with van der Waals surface area (Å²) in [4.78, 5) is 14.6. The van der Waals surface area contributed by atoms with E-state index in [4.69, 9.17) is 14.0 Å². The number of rotatable bonds is 8. The highest BCUT2D eigenvalue weighted by Crippen LogP contribution is 2.23. The Morgan fingerprint density at radius 2 is 1.73 bits per heavy atom. The quantitative estimate of drug-likeness (QED) is 0.543. The lowest BCUT2D eigenvalue weighted by molar-refractivity contribution is 0.0769. The zero-order valence-corrected chi connectivity index (χ0v) is 18.2. The van der Waals surface area contributed by atoms with Crippen molar-refractivity contribution in [2.24, 2.45) is 0 Å². The molecule has 0 bridgehead atoms. The molecule has 0 unspecified atom stereocenters. The van der Waals surface area contributed by atoms with Gasteiger partial charge >= 0.3 is 0 Å². The second-order valence-electron chi connectivity index (χ2n) is 7.49. The number of likely N-dealkylation sites (N-methyl/N-ethyl adjacent to an activating group) is 1. The smallest absolute Gasteiger partial charge is 0.257 e. The van der Waals surface area contributed by atoms with Crippen LogP contribution in [0.1, 0.15) is 38.5 Å². The van der Waals surface area contributed by atoms with Crippen LogP contribution in [0.25, 0.3) is 0 Å². The van der Waals surface area contributed by atoms with Crippen LogP contribution in [0.4, 0.5) is 0 Å². The van der Waals surface area contributed by atoms with Gasteiger partial charge in [0.15, 0.2) is 0 Å². The molecule has 0 N–H and O–H groups in total. The van der Waals surface area contributed by atoms with Gasteiger partial charge < -0.3 is 18.9 Å². The summed E-state index contributed by atoms with van der Waals surface area (Å²) < 4.78 is 16.9. The van der Waals surface area contributed by atoms with Crippen LogP contribution in [0.5, 0.6) is 11.5 Å². The molecule has 6 heteroatoms. The molecule has 1 aromatic heterocycles. The lowest BCUT2D eigenvalue weighted by atomic mass is 10.1. The van der Waals surface area contributed by atoms with E-state index in [9.17, 15) is 4.79 Å². The van der Waals surface area contributed by atoms with Crippen molar-refractivity contribution in [3.8, 4) is 11.5 Å². The Hall–Kier alpha value is -3.28. The highest BCUT2D eigenvalue weighted by atomic mass is 16.5. The highest BCUT2D eigenvalue weighted by molar-refractivity contribution is 5.96. The van der Waals surface area contributed by atoms with Crippen LogP contribution < -0.4 is 9.47 Å². The van der Waals surface area contributed by atoms with E-state index in [1.165, 1.54) is 0 Å². The summed E-state index contributed by atoms with van der Waals surface area (Å²) in [5, 5.41) is 3.94. The number of aryl methyl sites for hydroxylation is 4. The summed E-state index contributed by atoms with van der Waals surface area (Å²) in [6, 6.07) is 13.3. The molecule has 0 fully saturated rings. The molecule has 1 heterocycles. The van der Waals surface area contributed by atoms with Crippen molar-refractivity contribution >= 4 is 5.91 Å². The summed E-state index contributed by atoms with van der Waals surface area (Å²) in [5.41, 5.74) is 4.50. The summed E-state index contributed by atoms with van der Waals surface area (Å²) in [5.74, 6) is 1.95. The fourth-order valence-electron chi connectivity index (χ4n) is 3.25. The maximum Gasteiger partial charge on any atom is 0.257 e. The maximum absolute atomic E-state index is 13.0. The summed E-state index contributed by atoms with van der Waals surface area (Å²) in [6.45, 7) is 8.96. The molecule has 0 saturated heterocycles. The first-order valence-electron chi connectivity index (χ1n) is 9.95. The van der Waals surface area contributed by atoms with Gasteiger partial charge in [0.2, 0.25) is 0 Å². The average molecular weight is 408 g/mol. The first-order valence-corrected chi connectivity index (χ1v) is 9.95. The van der Waals surface area contributed by atoms with Gasteiger partial charge in [-0.1, -0.05) is 23.4 Å². The molecule has 0 radical (unpaired) electrons. The van der Waals surface area contributed by atoms with Crippen LogP contribution >= 0.6 is 0 Å². The molecule has 3 rings (SSSR count). The van der Waals surface area contributed by atoms with Gasteiger partial charge in [-0.15, -0.1) is 0 Å². The van der Waals surface area contributed by atoms with E-state index in [0.29, 0.717) is 31.1 Å². The van der Waals surface area contributed by atoms with E-state index in [0.717, 1.165) is 33.9 Å². The second-order valence-corrected chi connectivity index (χ2v) is 7.49. The number of carbonyl (C=O) groups is 1. The van der Waals surface area contributed by atoms with Crippen LogP contribution in [0.15, 0.2) is 47.0 Å². The third kappa shape index (κ3) is 5.20. The zero-order chi connectivity index (χ0) is 21.7. The van der Waals surface area contributed by atoms with Gasteiger partial charge in [-0.05, 0) is 63.1 Å². The normalized spacial score (nSPS) is 10.7. The number of hydrogen-bond donors (Lipinski definition) is 0. The highest BCUT2D eigenvalue weighted by Gasteiger charge is 2.18. The number of benzene rings is 2. The predicted molar refractivity (Wildman–Crippen MR) is 115 cm³/mol. The standard InChI is InChI=1S/C24H28N2O4/c1-16-12-17(2)14-20(13-16)28-11-10-26(5)24(27)21-8-6-7-9-23(21)29-15-22-18(3)25-30-19(22)4/h6-9,12-14H,10-11,15H2,1-5H3. The molecule has 1 amide bonds. The SMILES string of the molecule is Cc1cc(C)cc(OCCN(C)C(=O)c2ccccc2OCc2c(C)noc2C)c1. The molecule has 30 heavy (non-hydrogen) atoms. The van der Waals surface area contributed by atoms with E-state index >= 15 is 0 Å². The van der Waals surface area contributed by atoms with E-state index in [-0.39, 0.29) is 5.91 Å². The minimum atomic E-state index is -0.117. The van der Waals surface area contributed by atoms with Crippen molar-refractivity contribution in [2.75, 3.05) is 20.2 Å². The van der Waals surface area contributed by atoms with Crippen LogP contribution in [0, 0.1) is 27.7 Å².